The molecule has 0 bridgehead atoms. The molecule has 0 aromatic heterocycles. The van der Waals surface area contributed by atoms with Crippen LogP contribution in [0.25, 0.3) is 0 Å². The number of nitrogens with zero attached hydrogens (tertiary/aromatic N) is 2. The Labute approximate surface area is 189 Å². The van der Waals surface area contributed by atoms with Crippen molar-refractivity contribution in [1.82, 2.24) is 4.90 Å². The highest BCUT2D eigenvalue weighted by atomic mass is 79.9. The first kappa shape index (κ1) is 22.3. The van der Waals surface area contributed by atoms with Crippen LogP contribution in [0.1, 0.15) is 23.1 Å². The zero-order valence-electron chi connectivity index (χ0n) is 17.2. The summed E-state index contributed by atoms with van der Waals surface area (Å²) in [7, 11) is 0. The second-order valence-electron chi connectivity index (χ2n) is 7.22. The lowest BCUT2D eigenvalue weighted by Crippen LogP contribution is -2.33. The first-order valence-corrected chi connectivity index (χ1v) is 11.3. The average Bonchev–Trinajstić information content (AvgIpc) is 2.95. The molecule has 1 saturated heterocycles. The fourth-order valence-electron chi connectivity index (χ4n) is 3.40. The summed E-state index contributed by atoms with van der Waals surface area (Å²) in [5.74, 6) is -0.310. The summed E-state index contributed by atoms with van der Waals surface area (Å²) < 4.78 is 0.843. The lowest BCUT2D eigenvalue weighted by Gasteiger charge is -2.15. The highest BCUT2D eigenvalue weighted by molar-refractivity contribution is 9.10. The van der Waals surface area contributed by atoms with Crippen LogP contribution in [0.2, 0.25) is 0 Å². The number of amides is 2. The van der Waals surface area contributed by atoms with Crippen molar-refractivity contribution >= 4 is 56.0 Å². The molecule has 0 spiro atoms. The number of rotatable bonds is 6. The second kappa shape index (κ2) is 9.62. The topological polar surface area (TPSA) is 61.8 Å². The van der Waals surface area contributed by atoms with E-state index in [4.69, 9.17) is 0 Å². The van der Waals surface area contributed by atoms with Crippen molar-refractivity contribution < 1.29 is 9.59 Å². The number of carbonyl (C=O) groups excluding carboxylic acids is 2. The fourth-order valence-corrected chi connectivity index (χ4v) is 4.94. The van der Waals surface area contributed by atoms with Gasteiger partial charge in [-0.15, -0.1) is 6.58 Å². The Bertz CT molecular complexity index is 1010. The van der Waals surface area contributed by atoms with Gasteiger partial charge in [-0.25, -0.2) is 4.99 Å². The predicted molar refractivity (Wildman–Crippen MR) is 128 cm³/mol. The molecule has 1 N–H and O–H groups in total. The van der Waals surface area contributed by atoms with Gasteiger partial charge in [0, 0.05) is 23.1 Å². The third kappa shape index (κ3) is 5.02. The number of hydrogen-bond donors (Lipinski definition) is 1. The van der Waals surface area contributed by atoms with E-state index in [1.165, 1.54) is 11.8 Å². The Balaban J connectivity index is 1.78. The molecule has 0 saturated carbocycles. The van der Waals surface area contributed by atoms with Gasteiger partial charge in [0.2, 0.25) is 11.8 Å². The Kier molecular flexibility index (Phi) is 7.15. The Hall–Kier alpha value is -2.38. The van der Waals surface area contributed by atoms with Crippen LogP contribution >= 0.6 is 27.7 Å². The normalized spacial score (nSPS) is 17.5. The smallest absolute Gasteiger partial charge is 0.242 e. The number of amidine groups is 1. The van der Waals surface area contributed by atoms with E-state index in [1.807, 2.05) is 57.2 Å². The molecule has 2 aromatic rings. The van der Waals surface area contributed by atoms with Crippen molar-refractivity contribution in [2.75, 3.05) is 11.9 Å². The summed E-state index contributed by atoms with van der Waals surface area (Å²) in [5, 5.41) is 3.04. The molecule has 5 nitrogen and oxygen atoms in total. The van der Waals surface area contributed by atoms with Gasteiger partial charge in [-0.05, 0) is 60.0 Å². The maximum atomic E-state index is 12.9. The van der Waals surface area contributed by atoms with E-state index >= 15 is 0 Å². The van der Waals surface area contributed by atoms with Gasteiger partial charge in [-0.1, -0.05) is 47.7 Å². The zero-order valence-corrected chi connectivity index (χ0v) is 19.6. The van der Waals surface area contributed by atoms with Crippen LogP contribution in [-0.2, 0) is 9.59 Å². The summed E-state index contributed by atoms with van der Waals surface area (Å²) in [5.41, 5.74) is 4.72. The summed E-state index contributed by atoms with van der Waals surface area (Å²) in [6.07, 6.45) is 1.74. The summed E-state index contributed by atoms with van der Waals surface area (Å²) >= 11 is 4.80. The van der Waals surface area contributed by atoms with E-state index < -0.39 is 5.25 Å². The van der Waals surface area contributed by atoms with E-state index in [-0.39, 0.29) is 18.2 Å². The monoisotopic (exact) mass is 485 g/mol. The molecular formula is C23H24BrN3O2S. The van der Waals surface area contributed by atoms with E-state index in [0.717, 1.165) is 32.5 Å². The third-order valence-corrected chi connectivity index (χ3v) is 6.56. The molecule has 2 amide bonds. The fraction of sp³-hybridized carbons (Fsp3) is 0.261. The molecule has 0 aliphatic carbocycles. The summed E-state index contributed by atoms with van der Waals surface area (Å²) in [4.78, 5) is 31.9. The van der Waals surface area contributed by atoms with Gasteiger partial charge in [0.05, 0.1) is 5.69 Å². The number of para-hydroxylation sites is 1. The standard InChI is InChI=1S/C23H24BrN3O2S/c1-5-10-27-22(29)19(30-23(27)25-18-9-7-6-8-17(18)24)13-20(28)26-21-15(3)11-14(2)12-16(21)4/h5-9,11-12,19H,1,10,13H2,2-4H3,(H,26,28)/t19-/m1/s1. The van der Waals surface area contributed by atoms with E-state index in [1.54, 1.807) is 11.0 Å². The molecule has 3 rings (SSSR count). The van der Waals surface area contributed by atoms with Gasteiger partial charge in [0.15, 0.2) is 5.17 Å². The minimum absolute atomic E-state index is 0.0822. The number of nitrogens with one attached hydrogen (secondary N) is 1. The third-order valence-electron chi connectivity index (χ3n) is 4.71. The van der Waals surface area contributed by atoms with Gasteiger partial charge < -0.3 is 5.32 Å². The van der Waals surface area contributed by atoms with Gasteiger partial charge in [0.25, 0.3) is 0 Å². The maximum Gasteiger partial charge on any atom is 0.242 e. The lowest BCUT2D eigenvalue weighted by atomic mass is 10.0. The maximum absolute atomic E-state index is 12.9. The number of anilines is 1. The quantitative estimate of drug-likeness (QED) is 0.547. The lowest BCUT2D eigenvalue weighted by molar-refractivity contribution is -0.127. The molecule has 0 unspecified atom stereocenters. The van der Waals surface area contributed by atoms with Crippen molar-refractivity contribution in [2.45, 2.75) is 32.4 Å². The van der Waals surface area contributed by atoms with Gasteiger partial charge in [0.1, 0.15) is 5.25 Å². The number of halogens is 1. The number of thioether (sulfide) groups is 1. The number of aryl methyl sites for hydroxylation is 3. The molecule has 7 heteroatoms. The Morgan fingerprint density at radius 1 is 1.27 bits per heavy atom. The Morgan fingerprint density at radius 3 is 2.57 bits per heavy atom. The highest BCUT2D eigenvalue weighted by Gasteiger charge is 2.38. The van der Waals surface area contributed by atoms with Crippen LogP contribution in [-0.4, -0.2) is 33.7 Å². The van der Waals surface area contributed by atoms with Gasteiger partial charge in [-0.3, -0.25) is 14.5 Å². The molecule has 1 atom stereocenters. The van der Waals surface area contributed by atoms with Crippen LogP contribution in [0.4, 0.5) is 11.4 Å². The van der Waals surface area contributed by atoms with Crippen molar-refractivity contribution in [3.63, 3.8) is 0 Å². The molecule has 2 aromatic carbocycles. The molecule has 156 valence electrons. The van der Waals surface area contributed by atoms with Crippen molar-refractivity contribution in [1.29, 1.82) is 0 Å². The first-order chi connectivity index (χ1) is 14.3. The zero-order chi connectivity index (χ0) is 21.8. The number of hydrogen-bond acceptors (Lipinski definition) is 4. The summed E-state index contributed by atoms with van der Waals surface area (Å²) in [6, 6.07) is 11.6. The van der Waals surface area contributed by atoms with Gasteiger partial charge in [-0.2, -0.15) is 0 Å². The van der Waals surface area contributed by atoms with Crippen molar-refractivity contribution in [2.24, 2.45) is 4.99 Å². The van der Waals surface area contributed by atoms with Crippen LogP contribution < -0.4 is 5.32 Å². The first-order valence-electron chi connectivity index (χ1n) is 9.60. The van der Waals surface area contributed by atoms with Gasteiger partial charge >= 0.3 is 0 Å². The Morgan fingerprint density at radius 2 is 1.93 bits per heavy atom. The van der Waals surface area contributed by atoms with E-state index in [2.05, 4.69) is 32.8 Å². The highest BCUT2D eigenvalue weighted by Crippen LogP contribution is 2.34. The number of benzene rings is 2. The molecule has 1 heterocycles. The molecule has 1 aliphatic rings. The predicted octanol–water partition coefficient (Wildman–Crippen LogP) is 5.52. The molecule has 30 heavy (non-hydrogen) atoms. The molecule has 0 radical (unpaired) electrons. The molecule has 1 aliphatic heterocycles. The van der Waals surface area contributed by atoms with Crippen LogP contribution in [0, 0.1) is 20.8 Å². The largest absolute Gasteiger partial charge is 0.326 e. The summed E-state index contributed by atoms with van der Waals surface area (Å²) in [6.45, 7) is 10.1. The van der Waals surface area contributed by atoms with Crippen LogP contribution in [0.15, 0.2) is 58.5 Å². The number of aliphatic imine (C=N–C) groups is 1. The van der Waals surface area contributed by atoms with Crippen LogP contribution in [0.5, 0.6) is 0 Å². The molecule has 1 fully saturated rings. The number of carbonyl (C=O) groups is 2. The minimum atomic E-state index is -0.516. The van der Waals surface area contributed by atoms with E-state index in [0.29, 0.717) is 11.7 Å². The van der Waals surface area contributed by atoms with Crippen LogP contribution in [0.3, 0.4) is 0 Å². The molecular weight excluding hydrogens is 462 g/mol. The van der Waals surface area contributed by atoms with E-state index in [9.17, 15) is 9.59 Å². The second-order valence-corrected chi connectivity index (χ2v) is 9.24. The minimum Gasteiger partial charge on any atom is -0.326 e. The average molecular weight is 486 g/mol. The van der Waals surface area contributed by atoms with Crippen molar-refractivity contribution in [3.8, 4) is 0 Å². The SMILES string of the molecule is C=CCN1C(=O)[C@@H](CC(=O)Nc2c(C)cc(C)cc2C)SC1=Nc1ccccc1Br. The van der Waals surface area contributed by atoms with Crippen molar-refractivity contribution in [3.05, 3.63) is 70.2 Å².